The van der Waals surface area contributed by atoms with Crippen molar-refractivity contribution in [1.29, 1.82) is 0 Å². The average molecular weight is 495 g/mol. The van der Waals surface area contributed by atoms with Crippen molar-refractivity contribution in [2.45, 2.75) is 65.0 Å². The van der Waals surface area contributed by atoms with Crippen LogP contribution in [0.2, 0.25) is 0 Å². The minimum absolute atomic E-state index is 0.121. The first-order valence-electron chi connectivity index (χ1n) is 12.5. The third kappa shape index (κ3) is 9.17. The number of carbonyl (C=O) groups excluding carboxylic acids is 1. The van der Waals surface area contributed by atoms with Crippen molar-refractivity contribution in [3.8, 4) is 0 Å². The van der Waals surface area contributed by atoms with Gasteiger partial charge in [0.05, 0.1) is 0 Å². The molecule has 36 heavy (non-hydrogen) atoms. The summed E-state index contributed by atoms with van der Waals surface area (Å²) in [6.07, 6.45) is 29.6. The molecule has 0 saturated heterocycles. The van der Waals surface area contributed by atoms with Gasteiger partial charge in [0.1, 0.15) is 6.33 Å². The fourth-order valence-electron chi connectivity index (χ4n) is 3.44. The lowest BCUT2D eigenvalue weighted by Gasteiger charge is -2.07. The van der Waals surface area contributed by atoms with E-state index in [-0.39, 0.29) is 30.3 Å². The second-order valence-corrected chi connectivity index (χ2v) is 8.34. The van der Waals surface area contributed by atoms with Crippen molar-refractivity contribution in [2.75, 3.05) is 0 Å². The summed E-state index contributed by atoms with van der Waals surface area (Å²) in [6.45, 7) is 2.02. The Hall–Kier alpha value is -3.68. The molecule has 0 N–H and O–H groups in total. The van der Waals surface area contributed by atoms with Gasteiger partial charge < -0.3 is 4.74 Å². The summed E-state index contributed by atoms with van der Waals surface area (Å²) >= 11 is 0. The van der Waals surface area contributed by atoms with Gasteiger partial charge in [0.25, 0.3) is 5.56 Å². The maximum atomic E-state index is 12.4. The quantitative estimate of drug-likeness (QED) is 0.201. The fraction of sp³-hybridized carbons (Fsp3) is 0.429. The zero-order chi connectivity index (χ0) is 26.2. The first kappa shape index (κ1) is 28.6. The number of hydrogen-bond acceptors (Lipinski definition) is 5. The van der Waals surface area contributed by atoms with Crippen LogP contribution in [0.3, 0.4) is 0 Å². The highest BCUT2D eigenvalue weighted by Gasteiger charge is 2.15. The Morgan fingerprint density at radius 1 is 0.861 bits per heavy atom. The van der Waals surface area contributed by atoms with Gasteiger partial charge in [-0.25, -0.2) is 9.78 Å². The number of nitrogens with zero attached hydrogens (tertiary/aromatic N) is 4. The number of carbonyl (C=O) groups is 1. The lowest BCUT2D eigenvalue weighted by Crippen LogP contribution is -2.37. The Morgan fingerprint density at radius 2 is 1.42 bits per heavy atom. The van der Waals surface area contributed by atoms with Crippen molar-refractivity contribution in [2.24, 2.45) is 14.1 Å². The number of aryl methyl sites for hydroxylation is 1. The molecular weight excluding hydrogens is 456 g/mol. The van der Waals surface area contributed by atoms with Gasteiger partial charge in [-0.1, -0.05) is 67.7 Å². The molecule has 2 aromatic rings. The molecule has 0 aliphatic carbocycles. The van der Waals surface area contributed by atoms with Crippen molar-refractivity contribution in [3.05, 3.63) is 87.9 Å². The standard InChI is InChI=1S/C28H38N4O4/c1-4-5-6-7-8-9-10-11-12-13-14-15-16-17-18-19-20-21-24(33)36-23-32-22-29-26-25(32)27(34)31(3)28(35)30(26)2/h5-6,8-9,11-12,14-15,17-18,22H,4,7,10,13,16,19-21,23H2,1-3H3/b6-5-,9-8-,12-11-,15-14-,18-17-. The Labute approximate surface area is 212 Å². The Morgan fingerprint density at radius 3 is 2.00 bits per heavy atom. The van der Waals surface area contributed by atoms with E-state index in [1.807, 2.05) is 0 Å². The minimum atomic E-state index is -0.472. The summed E-state index contributed by atoms with van der Waals surface area (Å²) in [5.74, 6) is -0.342. The van der Waals surface area contributed by atoms with Crippen LogP contribution in [0.1, 0.15) is 58.3 Å². The molecule has 0 unspecified atom stereocenters. The van der Waals surface area contributed by atoms with Gasteiger partial charge in [-0.15, -0.1) is 0 Å². The monoisotopic (exact) mass is 494 g/mol. The van der Waals surface area contributed by atoms with Crippen molar-refractivity contribution in [1.82, 2.24) is 18.7 Å². The molecule has 0 atom stereocenters. The Kier molecular flexibility index (Phi) is 12.8. The van der Waals surface area contributed by atoms with Gasteiger partial charge in [0, 0.05) is 20.5 Å². The largest absolute Gasteiger partial charge is 0.444 e. The Balaban J connectivity index is 1.60. The van der Waals surface area contributed by atoms with Gasteiger partial charge in [0.2, 0.25) is 0 Å². The second-order valence-electron chi connectivity index (χ2n) is 8.34. The SMILES string of the molecule is CC/C=C\C/C=C\C/C=C\C/C=C\C/C=C\CCCC(=O)OCn1cnc2c1c(=O)n(C)c(=O)n2C. The summed E-state index contributed by atoms with van der Waals surface area (Å²) in [5, 5.41) is 0. The lowest BCUT2D eigenvalue weighted by atomic mass is 10.2. The van der Waals surface area contributed by atoms with Gasteiger partial charge in [0.15, 0.2) is 17.9 Å². The zero-order valence-corrected chi connectivity index (χ0v) is 21.6. The number of allylic oxidation sites excluding steroid dienone is 10. The van der Waals surface area contributed by atoms with Crippen molar-refractivity contribution in [3.63, 3.8) is 0 Å². The van der Waals surface area contributed by atoms with Crippen LogP contribution in [0.5, 0.6) is 0 Å². The molecule has 8 nitrogen and oxygen atoms in total. The topological polar surface area (TPSA) is 88.1 Å². The van der Waals surface area contributed by atoms with Crippen molar-refractivity contribution < 1.29 is 9.53 Å². The molecule has 2 aromatic heterocycles. The normalized spacial score (nSPS) is 12.5. The highest BCUT2D eigenvalue weighted by atomic mass is 16.5. The van der Waals surface area contributed by atoms with Gasteiger partial charge in [-0.3, -0.25) is 23.3 Å². The molecule has 0 spiro atoms. The highest BCUT2D eigenvalue weighted by Crippen LogP contribution is 2.07. The van der Waals surface area contributed by atoms with Gasteiger partial charge in [-0.05, 0) is 44.9 Å². The lowest BCUT2D eigenvalue weighted by molar-refractivity contribution is -0.147. The molecule has 2 rings (SSSR count). The molecule has 0 aliphatic heterocycles. The summed E-state index contributed by atoms with van der Waals surface area (Å²) in [4.78, 5) is 40.6. The smallest absolute Gasteiger partial charge is 0.332 e. The average Bonchev–Trinajstić information content (AvgIpc) is 3.31. The van der Waals surface area contributed by atoms with E-state index >= 15 is 0 Å². The molecule has 0 saturated carbocycles. The summed E-state index contributed by atoms with van der Waals surface area (Å²) in [5.41, 5.74) is -0.437. The van der Waals surface area contributed by atoms with E-state index in [4.69, 9.17) is 4.74 Å². The predicted octanol–water partition coefficient (Wildman–Crippen LogP) is 4.86. The van der Waals surface area contributed by atoms with E-state index in [0.29, 0.717) is 6.42 Å². The molecule has 0 bridgehead atoms. The Bertz CT molecular complexity index is 1240. The molecule has 8 heteroatoms. The molecule has 0 radical (unpaired) electrons. The first-order chi connectivity index (χ1) is 17.5. The highest BCUT2D eigenvalue weighted by molar-refractivity contribution is 5.71. The van der Waals surface area contributed by atoms with Crippen LogP contribution in [-0.4, -0.2) is 24.7 Å². The van der Waals surface area contributed by atoms with E-state index in [2.05, 4.69) is 72.7 Å². The van der Waals surface area contributed by atoms with E-state index in [1.165, 1.54) is 22.5 Å². The van der Waals surface area contributed by atoms with Crippen LogP contribution in [0.15, 0.2) is 76.7 Å². The van der Waals surface area contributed by atoms with Crippen LogP contribution in [0.25, 0.3) is 11.2 Å². The molecule has 0 aromatic carbocycles. The van der Waals surface area contributed by atoms with E-state index in [9.17, 15) is 14.4 Å². The van der Waals surface area contributed by atoms with Crippen LogP contribution < -0.4 is 11.2 Å². The van der Waals surface area contributed by atoms with Crippen LogP contribution in [0.4, 0.5) is 0 Å². The van der Waals surface area contributed by atoms with Gasteiger partial charge >= 0.3 is 11.7 Å². The summed E-state index contributed by atoms with van der Waals surface area (Å²) in [6, 6.07) is 0. The molecular formula is C28H38N4O4. The predicted molar refractivity (Wildman–Crippen MR) is 145 cm³/mol. The minimum Gasteiger partial charge on any atom is -0.444 e. The van der Waals surface area contributed by atoms with E-state index in [0.717, 1.165) is 43.1 Å². The maximum Gasteiger partial charge on any atom is 0.332 e. The number of unbranched alkanes of at least 4 members (excludes halogenated alkanes) is 1. The number of ether oxygens (including phenoxy) is 1. The van der Waals surface area contributed by atoms with Crippen LogP contribution in [-0.2, 0) is 30.4 Å². The summed E-state index contributed by atoms with van der Waals surface area (Å²) in [7, 11) is 2.95. The third-order valence-corrected chi connectivity index (χ3v) is 5.49. The number of rotatable bonds is 15. The number of aromatic nitrogens is 4. The molecule has 194 valence electrons. The molecule has 0 aliphatic rings. The van der Waals surface area contributed by atoms with E-state index in [1.54, 1.807) is 7.05 Å². The third-order valence-electron chi connectivity index (χ3n) is 5.49. The number of fused-ring (bicyclic) bond motifs is 1. The molecule has 0 amide bonds. The van der Waals surface area contributed by atoms with Crippen LogP contribution in [0, 0.1) is 0 Å². The van der Waals surface area contributed by atoms with Crippen molar-refractivity contribution >= 4 is 17.1 Å². The summed E-state index contributed by atoms with van der Waals surface area (Å²) < 4.78 is 9.03. The van der Waals surface area contributed by atoms with E-state index < -0.39 is 11.2 Å². The maximum absolute atomic E-state index is 12.4. The number of imidazole rings is 1. The second kappa shape index (κ2) is 16.1. The number of hydrogen-bond donors (Lipinski definition) is 0. The molecule has 2 heterocycles. The van der Waals surface area contributed by atoms with Crippen LogP contribution >= 0.6 is 0 Å². The number of esters is 1. The zero-order valence-electron chi connectivity index (χ0n) is 21.6. The molecule has 0 fully saturated rings. The first-order valence-corrected chi connectivity index (χ1v) is 12.5. The van der Waals surface area contributed by atoms with Gasteiger partial charge in [-0.2, -0.15) is 0 Å². The fourth-order valence-corrected chi connectivity index (χ4v) is 3.44.